The molecule has 3 nitrogen and oxygen atoms in total. The third-order valence-electron chi connectivity index (χ3n) is 3.26. The van der Waals surface area contributed by atoms with Crippen LogP contribution in [0.3, 0.4) is 0 Å². The third-order valence-corrected chi connectivity index (χ3v) is 3.47. The van der Waals surface area contributed by atoms with Crippen LogP contribution in [0.4, 0.5) is 0 Å². The summed E-state index contributed by atoms with van der Waals surface area (Å²) in [5.74, 6) is 0. The van der Waals surface area contributed by atoms with Crippen molar-refractivity contribution >= 4 is 28.1 Å². The van der Waals surface area contributed by atoms with Crippen LogP contribution >= 0.6 is 11.6 Å². The van der Waals surface area contributed by atoms with Gasteiger partial charge in [-0.1, -0.05) is 17.7 Å². The second-order valence-corrected chi connectivity index (χ2v) is 4.80. The number of nitrogens with zero attached hydrogens (tertiary/aromatic N) is 1. The molecule has 0 spiro atoms. The molecule has 1 aliphatic carbocycles. The van der Waals surface area contributed by atoms with E-state index in [9.17, 15) is 5.11 Å². The molecular weight excluding hydrogens is 236 g/mol. The summed E-state index contributed by atoms with van der Waals surface area (Å²) in [5.41, 5.74) is 3.47. The van der Waals surface area contributed by atoms with Gasteiger partial charge in [-0.25, -0.2) is 4.98 Å². The zero-order valence-corrected chi connectivity index (χ0v) is 10.0. The zero-order chi connectivity index (χ0) is 11.8. The van der Waals surface area contributed by atoms with E-state index in [4.69, 9.17) is 11.6 Å². The van der Waals surface area contributed by atoms with Gasteiger partial charge in [0.2, 0.25) is 0 Å². The topological polar surface area (TPSA) is 48.9 Å². The molecule has 0 saturated heterocycles. The number of fused-ring (bicyclic) bond motifs is 1. The van der Waals surface area contributed by atoms with Gasteiger partial charge in [0.25, 0.3) is 0 Å². The highest BCUT2D eigenvalue weighted by Gasteiger charge is 2.15. The van der Waals surface area contributed by atoms with Crippen molar-refractivity contribution in [3.8, 4) is 0 Å². The largest absolute Gasteiger partial charge is 0.393 e. The number of aliphatic hydroxyl groups excluding tert-OH is 1. The zero-order valence-electron chi connectivity index (χ0n) is 9.28. The van der Waals surface area contributed by atoms with Gasteiger partial charge in [0.05, 0.1) is 11.6 Å². The monoisotopic (exact) mass is 248 g/mol. The van der Waals surface area contributed by atoms with Crippen molar-refractivity contribution in [2.24, 2.45) is 0 Å². The van der Waals surface area contributed by atoms with Crippen LogP contribution in [-0.4, -0.2) is 21.2 Å². The molecule has 1 unspecified atom stereocenters. The van der Waals surface area contributed by atoms with E-state index < -0.39 is 0 Å². The lowest BCUT2D eigenvalue weighted by Crippen LogP contribution is -2.09. The summed E-state index contributed by atoms with van der Waals surface area (Å²) >= 11 is 5.85. The SMILES string of the molecule is OC1CC=C(c2c[nH]c3cc(Cl)ncc23)CC1. The summed E-state index contributed by atoms with van der Waals surface area (Å²) in [7, 11) is 0. The maximum absolute atomic E-state index is 9.49. The lowest BCUT2D eigenvalue weighted by atomic mass is 9.92. The number of hydrogen-bond donors (Lipinski definition) is 2. The summed E-state index contributed by atoms with van der Waals surface area (Å²) in [6, 6.07) is 1.83. The Morgan fingerprint density at radius 2 is 2.35 bits per heavy atom. The highest BCUT2D eigenvalue weighted by atomic mass is 35.5. The Morgan fingerprint density at radius 1 is 1.47 bits per heavy atom. The Balaban J connectivity index is 2.06. The first-order chi connectivity index (χ1) is 8.24. The predicted octanol–water partition coefficient (Wildman–Crippen LogP) is 3.14. The second kappa shape index (κ2) is 4.17. The molecule has 2 aromatic rings. The van der Waals surface area contributed by atoms with Crippen molar-refractivity contribution in [1.29, 1.82) is 0 Å². The normalized spacial score (nSPS) is 20.6. The van der Waals surface area contributed by atoms with E-state index in [0.717, 1.165) is 30.2 Å². The molecule has 4 heteroatoms. The maximum atomic E-state index is 9.49. The van der Waals surface area contributed by atoms with Crippen molar-refractivity contribution in [2.75, 3.05) is 0 Å². The van der Waals surface area contributed by atoms with E-state index in [1.807, 2.05) is 12.3 Å². The van der Waals surface area contributed by atoms with E-state index in [-0.39, 0.29) is 6.10 Å². The van der Waals surface area contributed by atoms with Gasteiger partial charge < -0.3 is 10.1 Å². The number of aromatic nitrogens is 2. The highest BCUT2D eigenvalue weighted by molar-refractivity contribution is 6.30. The third kappa shape index (κ3) is 1.96. The molecule has 0 fully saturated rings. The lowest BCUT2D eigenvalue weighted by Gasteiger charge is -2.16. The van der Waals surface area contributed by atoms with E-state index in [1.165, 1.54) is 11.1 Å². The summed E-state index contributed by atoms with van der Waals surface area (Å²) < 4.78 is 0. The maximum Gasteiger partial charge on any atom is 0.131 e. The molecule has 1 atom stereocenters. The molecule has 2 heterocycles. The number of H-pyrrole nitrogens is 1. The number of hydrogen-bond acceptors (Lipinski definition) is 2. The Labute approximate surface area is 104 Å². The molecule has 0 aromatic carbocycles. The van der Waals surface area contributed by atoms with Gasteiger partial charge in [0.1, 0.15) is 5.15 Å². The van der Waals surface area contributed by atoms with E-state index in [2.05, 4.69) is 16.0 Å². The summed E-state index contributed by atoms with van der Waals surface area (Å²) in [5, 5.41) is 11.1. The fourth-order valence-corrected chi connectivity index (χ4v) is 2.48. The average Bonchev–Trinajstić information content (AvgIpc) is 2.73. The number of rotatable bonds is 1. The first-order valence-corrected chi connectivity index (χ1v) is 6.12. The van der Waals surface area contributed by atoms with Gasteiger partial charge in [-0.15, -0.1) is 0 Å². The smallest absolute Gasteiger partial charge is 0.131 e. The first-order valence-electron chi connectivity index (χ1n) is 5.74. The van der Waals surface area contributed by atoms with Gasteiger partial charge >= 0.3 is 0 Å². The van der Waals surface area contributed by atoms with Gasteiger partial charge in [0, 0.05) is 23.3 Å². The van der Waals surface area contributed by atoms with Crippen LogP contribution in [0.1, 0.15) is 24.8 Å². The van der Waals surface area contributed by atoms with Crippen LogP contribution in [0.2, 0.25) is 5.15 Å². The van der Waals surface area contributed by atoms with E-state index in [0.29, 0.717) is 5.15 Å². The van der Waals surface area contributed by atoms with Gasteiger partial charge in [-0.3, -0.25) is 0 Å². The Bertz CT molecular complexity index is 588. The molecule has 3 rings (SSSR count). The van der Waals surface area contributed by atoms with Crippen molar-refractivity contribution in [3.63, 3.8) is 0 Å². The van der Waals surface area contributed by atoms with Crippen molar-refractivity contribution in [2.45, 2.75) is 25.4 Å². The molecule has 17 heavy (non-hydrogen) atoms. The number of aliphatic hydroxyl groups is 1. The summed E-state index contributed by atoms with van der Waals surface area (Å²) in [6.45, 7) is 0. The number of halogens is 1. The highest BCUT2D eigenvalue weighted by Crippen LogP contribution is 2.32. The Kier molecular flexibility index (Phi) is 2.65. The summed E-state index contributed by atoms with van der Waals surface area (Å²) in [6.07, 6.45) is 8.21. The van der Waals surface area contributed by atoms with Gasteiger partial charge in [-0.2, -0.15) is 0 Å². The van der Waals surface area contributed by atoms with Crippen LogP contribution in [-0.2, 0) is 0 Å². The first kappa shape index (κ1) is 10.8. The minimum atomic E-state index is -0.184. The number of pyridine rings is 1. The van der Waals surface area contributed by atoms with Crippen LogP contribution in [0.5, 0.6) is 0 Å². The fraction of sp³-hybridized carbons (Fsp3) is 0.308. The van der Waals surface area contributed by atoms with E-state index in [1.54, 1.807) is 6.20 Å². The molecule has 2 aromatic heterocycles. The van der Waals surface area contributed by atoms with Crippen molar-refractivity contribution in [3.05, 3.63) is 35.3 Å². The van der Waals surface area contributed by atoms with Crippen LogP contribution in [0, 0.1) is 0 Å². The number of allylic oxidation sites excluding steroid dienone is 1. The molecule has 0 radical (unpaired) electrons. The molecule has 88 valence electrons. The Hall–Kier alpha value is -1.32. The van der Waals surface area contributed by atoms with Crippen LogP contribution in [0.15, 0.2) is 24.5 Å². The fourth-order valence-electron chi connectivity index (χ4n) is 2.32. The van der Waals surface area contributed by atoms with Crippen LogP contribution < -0.4 is 0 Å². The minimum absolute atomic E-state index is 0.184. The average molecular weight is 249 g/mol. The molecule has 1 aliphatic rings. The molecule has 0 aliphatic heterocycles. The van der Waals surface area contributed by atoms with Crippen molar-refractivity contribution < 1.29 is 5.11 Å². The van der Waals surface area contributed by atoms with Crippen LogP contribution in [0.25, 0.3) is 16.5 Å². The molecule has 0 saturated carbocycles. The number of nitrogens with one attached hydrogen (secondary N) is 1. The summed E-state index contributed by atoms with van der Waals surface area (Å²) in [4.78, 5) is 7.33. The number of aromatic amines is 1. The second-order valence-electron chi connectivity index (χ2n) is 4.41. The minimum Gasteiger partial charge on any atom is -0.393 e. The van der Waals surface area contributed by atoms with Gasteiger partial charge in [0.15, 0.2) is 0 Å². The predicted molar refractivity (Wildman–Crippen MR) is 68.9 cm³/mol. The van der Waals surface area contributed by atoms with E-state index >= 15 is 0 Å². The molecule has 0 bridgehead atoms. The molecule has 0 amide bonds. The van der Waals surface area contributed by atoms with Gasteiger partial charge in [-0.05, 0) is 30.9 Å². The van der Waals surface area contributed by atoms with Crippen molar-refractivity contribution in [1.82, 2.24) is 9.97 Å². The molecule has 2 N–H and O–H groups in total. The standard InChI is InChI=1S/C13H13ClN2O/c14-13-5-12-11(7-16-13)10(6-15-12)8-1-3-9(17)4-2-8/h1,5-7,9,15,17H,2-4H2. The Morgan fingerprint density at radius 3 is 3.12 bits per heavy atom. The molecular formula is C13H13ClN2O. The lowest BCUT2D eigenvalue weighted by molar-refractivity contribution is 0.166. The quantitative estimate of drug-likeness (QED) is 0.762.